The van der Waals surface area contributed by atoms with Gasteiger partial charge in [0.25, 0.3) is 0 Å². The number of likely N-dealkylation sites (tertiary alicyclic amines) is 1. The maximum Gasteiger partial charge on any atom is 0.407 e. The maximum atomic E-state index is 11.1. The molecule has 1 aliphatic heterocycles. The van der Waals surface area contributed by atoms with Gasteiger partial charge in [0.2, 0.25) is 0 Å². The molecule has 1 fully saturated rings. The van der Waals surface area contributed by atoms with Crippen LogP contribution in [0.25, 0.3) is 11.0 Å². The zero-order chi connectivity index (χ0) is 13.4. The van der Waals surface area contributed by atoms with E-state index in [1.807, 2.05) is 18.3 Å². The second-order valence-electron chi connectivity index (χ2n) is 4.82. The normalized spacial score (nSPS) is 23.1. The summed E-state index contributed by atoms with van der Waals surface area (Å²) in [6.07, 6.45) is 2.97. The maximum absolute atomic E-state index is 11.1. The van der Waals surface area contributed by atoms with E-state index >= 15 is 0 Å². The Kier molecular flexibility index (Phi) is 2.87. The van der Waals surface area contributed by atoms with Gasteiger partial charge in [-0.3, -0.25) is 0 Å². The molecule has 0 aliphatic carbocycles. The van der Waals surface area contributed by atoms with E-state index in [0.717, 1.165) is 16.6 Å². The minimum absolute atomic E-state index is 0.378. The van der Waals surface area contributed by atoms with Gasteiger partial charge < -0.3 is 20.1 Å². The van der Waals surface area contributed by atoms with Gasteiger partial charge >= 0.3 is 6.09 Å². The number of rotatable bonds is 2. The van der Waals surface area contributed by atoms with E-state index in [-0.39, 0.29) is 6.04 Å². The smallest absolute Gasteiger partial charge is 0.407 e. The van der Waals surface area contributed by atoms with E-state index in [1.54, 1.807) is 6.20 Å². The number of aliphatic hydroxyl groups is 1. The van der Waals surface area contributed by atoms with Crippen LogP contribution in [0.4, 0.5) is 4.79 Å². The molecule has 100 valence electrons. The van der Waals surface area contributed by atoms with E-state index < -0.39 is 12.2 Å². The standard InChI is InChI=1S/C13H15N3O3/c17-11-3-5-16(13(18)19)10(11)6-8-7-15-12-9(8)2-1-4-14-12/h1-2,4,7,10-11,17H,3,5-6H2,(H,14,15)(H,18,19). The van der Waals surface area contributed by atoms with Gasteiger partial charge in [0, 0.05) is 24.3 Å². The monoisotopic (exact) mass is 261 g/mol. The summed E-state index contributed by atoms with van der Waals surface area (Å²) < 4.78 is 0. The second kappa shape index (κ2) is 4.55. The number of nitrogens with zero attached hydrogens (tertiary/aromatic N) is 2. The number of carboxylic acid groups (broad SMARTS) is 1. The predicted octanol–water partition coefficient (Wildman–Crippen LogP) is 1.22. The van der Waals surface area contributed by atoms with Gasteiger partial charge in [-0.25, -0.2) is 9.78 Å². The van der Waals surface area contributed by atoms with Crippen molar-refractivity contribution in [2.45, 2.75) is 25.0 Å². The van der Waals surface area contributed by atoms with Crippen LogP contribution in [0.15, 0.2) is 24.5 Å². The molecular formula is C13H15N3O3. The summed E-state index contributed by atoms with van der Waals surface area (Å²) in [5.74, 6) is 0. The molecule has 3 heterocycles. The molecule has 1 aliphatic rings. The first kappa shape index (κ1) is 12.0. The molecule has 0 radical (unpaired) electrons. The number of aromatic amines is 1. The van der Waals surface area contributed by atoms with Gasteiger partial charge in [-0.1, -0.05) is 0 Å². The van der Waals surface area contributed by atoms with Crippen LogP contribution >= 0.6 is 0 Å². The van der Waals surface area contributed by atoms with E-state index in [9.17, 15) is 9.90 Å². The highest BCUT2D eigenvalue weighted by Gasteiger charge is 2.36. The predicted molar refractivity (Wildman–Crippen MR) is 68.9 cm³/mol. The molecule has 2 aromatic heterocycles. The molecule has 3 N–H and O–H groups in total. The third-order valence-corrected chi connectivity index (χ3v) is 3.72. The van der Waals surface area contributed by atoms with E-state index in [4.69, 9.17) is 5.11 Å². The van der Waals surface area contributed by atoms with Gasteiger partial charge in [-0.2, -0.15) is 0 Å². The number of aliphatic hydroxyl groups excluding tert-OH is 1. The highest BCUT2D eigenvalue weighted by atomic mass is 16.4. The second-order valence-corrected chi connectivity index (χ2v) is 4.82. The number of hydrogen-bond acceptors (Lipinski definition) is 3. The molecule has 2 unspecified atom stereocenters. The first-order valence-electron chi connectivity index (χ1n) is 6.25. The number of amides is 1. The topological polar surface area (TPSA) is 89.5 Å². The summed E-state index contributed by atoms with van der Waals surface area (Å²) in [6.45, 7) is 0.391. The number of fused-ring (bicyclic) bond motifs is 1. The summed E-state index contributed by atoms with van der Waals surface area (Å²) in [5.41, 5.74) is 1.77. The zero-order valence-electron chi connectivity index (χ0n) is 10.3. The van der Waals surface area contributed by atoms with Gasteiger partial charge in [0.1, 0.15) is 5.65 Å². The summed E-state index contributed by atoms with van der Waals surface area (Å²) in [7, 11) is 0. The lowest BCUT2D eigenvalue weighted by molar-refractivity contribution is 0.100. The molecule has 3 rings (SSSR count). The number of pyridine rings is 1. The Morgan fingerprint density at radius 2 is 2.42 bits per heavy atom. The van der Waals surface area contributed by atoms with Crippen LogP contribution in [0.2, 0.25) is 0 Å². The SMILES string of the molecule is O=C(O)N1CCC(O)C1Cc1c[nH]c2ncccc12. The Balaban J connectivity index is 1.89. The molecular weight excluding hydrogens is 246 g/mol. The van der Waals surface area contributed by atoms with Gasteiger partial charge in [0.05, 0.1) is 12.1 Å². The number of H-pyrrole nitrogens is 1. The van der Waals surface area contributed by atoms with Crippen molar-refractivity contribution in [3.63, 3.8) is 0 Å². The summed E-state index contributed by atoms with van der Waals surface area (Å²) in [6, 6.07) is 3.41. The fourth-order valence-corrected chi connectivity index (χ4v) is 2.73. The van der Waals surface area contributed by atoms with Crippen LogP contribution in [0, 0.1) is 0 Å². The number of carbonyl (C=O) groups is 1. The molecule has 0 saturated carbocycles. The third kappa shape index (κ3) is 2.04. The lowest BCUT2D eigenvalue weighted by atomic mass is 10.0. The molecule has 0 bridgehead atoms. The van der Waals surface area contributed by atoms with Crippen LogP contribution in [-0.2, 0) is 6.42 Å². The van der Waals surface area contributed by atoms with Crippen molar-refractivity contribution in [2.24, 2.45) is 0 Å². The Bertz CT molecular complexity index is 610. The van der Waals surface area contributed by atoms with Crippen LogP contribution in [0.5, 0.6) is 0 Å². The van der Waals surface area contributed by atoms with Crippen LogP contribution in [0.3, 0.4) is 0 Å². The molecule has 6 nitrogen and oxygen atoms in total. The molecule has 6 heteroatoms. The first-order chi connectivity index (χ1) is 9.16. The largest absolute Gasteiger partial charge is 0.465 e. The highest BCUT2D eigenvalue weighted by Crippen LogP contribution is 2.25. The van der Waals surface area contributed by atoms with Crippen molar-refractivity contribution >= 4 is 17.1 Å². The fraction of sp³-hybridized carbons (Fsp3) is 0.385. The number of hydrogen-bond donors (Lipinski definition) is 3. The summed E-state index contributed by atoms with van der Waals surface area (Å²) in [5, 5.41) is 20.1. The molecule has 0 aromatic carbocycles. The van der Waals surface area contributed by atoms with Crippen molar-refractivity contribution in [3.8, 4) is 0 Å². The zero-order valence-corrected chi connectivity index (χ0v) is 10.3. The van der Waals surface area contributed by atoms with Crippen LogP contribution in [-0.4, -0.2) is 49.9 Å². The molecule has 2 atom stereocenters. The molecule has 1 amide bonds. The van der Waals surface area contributed by atoms with E-state index in [2.05, 4.69) is 9.97 Å². The van der Waals surface area contributed by atoms with Crippen molar-refractivity contribution in [1.29, 1.82) is 0 Å². The van der Waals surface area contributed by atoms with Crippen LogP contribution < -0.4 is 0 Å². The lowest BCUT2D eigenvalue weighted by Gasteiger charge is -2.23. The molecule has 0 spiro atoms. The minimum Gasteiger partial charge on any atom is -0.465 e. The van der Waals surface area contributed by atoms with Crippen molar-refractivity contribution in [2.75, 3.05) is 6.54 Å². The Morgan fingerprint density at radius 3 is 3.21 bits per heavy atom. The van der Waals surface area contributed by atoms with Gasteiger partial charge in [-0.05, 0) is 30.5 Å². The Morgan fingerprint density at radius 1 is 1.58 bits per heavy atom. The quantitative estimate of drug-likeness (QED) is 0.758. The molecule has 19 heavy (non-hydrogen) atoms. The number of aromatic nitrogens is 2. The lowest BCUT2D eigenvalue weighted by Crippen LogP contribution is -2.40. The summed E-state index contributed by atoms with van der Waals surface area (Å²) >= 11 is 0. The molecule has 1 saturated heterocycles. The first-order valence-corrected chi connectivity index (χ1v) is 6.25. The number of nitrogens with one attached hydrogen (secondary N) is 1. The van der Waals surface area contributed by atoms with E-state index in [1.165, 1.54) is 4.90 Å². The third-order valence-electron chi connectivity index (χ3n) is 3.72. The van der Waals surface area contributed by atoms with Crippen molar-refractivity contribution in [3.05, 3.63) is 30.1 Å². The average molecular weight is 261 g/mol. The fourth-order valence-electron chi connectivity index (χ4n) is 2.73. The van der Waals surface area contributed by atoms with Crippen LogP contribution in [0.1, 0.15) is 12.0 Å². The van der Waals surface area contributed by atoms with Crippen molar-refractivity contribution < 1.29 is 15.0 Å². The minimum atomic E-state index is -0.973. The Hall–Kier alpha value is -2.08. The highest BCUT2D eigenvalue weighted by molar-refractivity contribution is 5.79. The Labute approximate surface area is 109 Å². The average Bonchev–Trinajstić information content (AvgIpc) is 2.96. The summed E-state index contributed by atoms with van der Waals surface area (Å²) in [4.78, 5) is 19.7. The van der Waals surface area contributed by atoms with Gasteiger partial charge in [0.15, 0.2) is 0 Å². The van der Waals surface area contributed by atoms with E-state index in [0.29, 0.717) is 19.4 Å². The molecule has 2 aromatic rings. The van der Waals surface area contributed by atoms with Gasteiger partial charge in [-0.15, -0.1) is 0 Å². The van der Waals surface area contributed by atoms with Crippen molar-refractivity contribution in [1.82, 2.24) is 14.9 Å².